The van der Waals surface area contributed by atoms with Crippen LogP contribution >= 0.6 is 0 Å². The van der Waals surface area contributed by atoms with Gasteiger partial charge in [-0.05, 0) is 128 Å². The van der Waals surface area contributed by atoms with Crippen LogP contribution in [0.2, 0.25) is 0 Å². The fourth-order valence-corrected chi connectivity index (χ4v) is 7.64. The van der Waals surface area contributed by atoms with Crippen molar-refractivity contribution >= 4 is 45.7 Å². The van der Waals surface area contributed by atoms with Gasteiger partial charge in [-0.15, -0.1) is 0 Å². The predicted molar refractivity (Wildman–Crippen MR) is 198 cm³/mol. The summed E-state index contributed by atoms with van der Waals surface area (Å²) in [5, 5.41) is 2.81. The first-order valence-electron chi connectivity index (χ1n) is 17.1. The number of hydrogen-bond donors (Lipinski definition) is 0. The standard InChI is InChI=1S/C44H42N2/c1-31-21-25-35(26-22-31)45(33-13-5-3-6-14-33)43-29-41-38-18-10-12-20-40(38)44(30-42(41)37-17-9-11-19-39(37)43)46(34-15-7-4-8-16-34)36-27-23-32(2)24-28-36/h3-7,11-15,19-21,23-31H,8-10,16-18,22H2,1-2H3. The van der Waals surface area contributed by atoms with Crippen LogP contribution in [0.25, 0.3) is 22.9 Å². The molecule has 2 nitrogen and oxygen atoms in total. The minimum absolute atomic E-state index is 0.565. The first-order valence-corrected chi connectivity index (χ1v) is 17.1. The Morgan fingerprint density at radius 1 is 0.652 bits per heavy atom. The van der Waals surface area contributed by atoms with E-state index in [-0.39, 0.29) is 0 Å². The summed E-state index contributed by atoms with van der Waals surface area (Å²) in [4.78, 5) is 5.05. The van der Waals surface area contributed by atoms with Gasteiger partial charge in [0.1, 0.15) is 0 Å². The molecule has 0 aliphatic heterocycles. The third kappa shape index (κ3) is 5.16. The Morgan fingerprint density at radius 2 is 1.28 bits per heavy atom. The molecule has 8 rings (SSSR count). The number of para-hydroxylation sites is 1. The summed E-state index contributed by atoms with van der Waals surface area (Å²) in [6.45, 7) is 4.47. The lowest BCUT2D eigenvalue weighted by Gasteiger charge is -2.35. The molecule has 0 bridgehead atoms. The van der Waals surface area contributed by atoms with Gasteiger partial charge in [-0.1, -0.05) is 91.4 Å². The van der Waals surface area contributed by atoms with Crippen molar-refractivity contribution in [1.29, 1.82) is 0 Å². The number of fused-ring (bicyclic) bond motifs is 5. The van der Waals surface area contributed by atoms with Crippen LogP contribution in [0.15, 0.2) is 127 Å². The van der Waals surface area contributed by atoms with Crippen LogP contribution in [0.4, 0.5) is 22.7 Å². The summed E-state index contributed by atoms with van der Waals surface area (Å²) >= 11 is 0. The molecule has 0 amide bonds. The number of anilines is 4. The Kier molecular flexibility index (Phi) is 7.58. The second-order valence-corrected chi connectivity index (χ2v) is 13.2. The molecule has 4 aromatic rings. The Morgan fingerprint density at radius 3 is 1.89 bits per heavy atom. The summed E-state index contributed by atoms with van der Waals surface area (Å²) in [7, 11) is 0. The van der Waals surface area contributed by atoms with E-state index in [1.54, 1.807) is 0 Å². The lowest BCUT2D eigenvalue weighted by atomic mass is 9.83. The summed E-state index contributed by atoms with van der Waals surface area (Å²) < 4.78 is 0. The van der Waals surface area contributed by atoms with Crippen molar-refractivity contribution in [3.63, 3.8) is 0 Å². The van der Waals surface area contributed by atoms with E-state index in [4.69, 9.17) is 0 Å². The Bertz CT molecular complexity index is 1980. The van der Waals surface area contributed by atoms with Crippen LogP contribution in [-0.4, -0.2) is 0 Å². The molecule has 0 radical (unpaired) electrons. The van der Waals surface area contributed by atoms with Crippen LogP contribution in [0.1, 0.15) is 66.8 Å². The number of benzene rings is 4. The maximum Gasteiger partial charge on any atom is 0.0543 e. The van der Waals surface area contributed by atoms with Gasteiger partial charge in [-0.3, -0.25) is 0 Å². The van der Waals surface area contributed by atoms with Crippen molar-refractivity contribution < 1.29 is 0 Å². The van der Waals surface area contributed by atoms with Gasteiger partial charge in [0.05, 0.1) is 11.4 Å². The van der Waals surface area contributed by atoms with Gasteiger partial charge in [0.15, 0.2) is 0 Å². The van der Waals surface area contributed by atoms with Gasteiger partial charge in [-0.2, -0.15) is 0 Å². The van der Waals surface area contributed by atoms with Crippen molar-refractivity contribution in [2.45, 2.75) is 58.8 Å². The largest absolute Gasteiger partial charge is 0.314 e. The molecular formula is C44H42N2. The van der Waals surface area contributed by atoms with Crippen molar-refractivity contribution in [3.8, 4) is 0 Å². The molecule has 0 N–H and O–H groups in total. The number of rotatable bonds is 6. The van der Waals surface area contributed by atoms with E-state index in [0.717, 1.165) is 44.9 Å². The van der Waals surface area contributed by atoms with Crippen LogP contribution < -0.4 is 9.80 Å². The topological polar surface area (TPSA) is 6.48 Å². The van der Waals surface area contributed by atoms with E-state index in [9.17, 15) is 0 Å². The third-order valence-electron chi connectivity index (χ3n) is 10.0. The second-order valence-electron chi connectivity index (χ2n) is 13.2. The average molecular weight is 599 g/mol. The highest BCUT2D eigenvalue weighted by Crippen LogP contribution is 2.47. The molecule has 0 heterocycles. The SMILES string of the molecule is Cc1ccc(N(C2=CC=CCC2)c2cc3c4c(c(N(C5=CCC(C)C=C5)c5ccccc5)cc3c3c2C=CCC3)C=CCC4)cc1. The summed E-state index contributed by atoms with van der Waals surface area (Å²) in [6.07, 6.45) is 30.9. The van der Waals surface area contributed by atoms with E-state index in [1.807, 2.05) is 0 Å². The zero-order chi connectivity index (χ0) is 31.0. The Balaban J connectivity index is 1.40. The molecule has 4 aliphatic rings. The number of hydrogen-bond acceptors (Lipinski definition) is 2. The summed E-state index contributed by atoms with van der Waals surface area (Å²) in [6, 6.07) is 25.1. The van der Waals surface area contributed by atoms with E-state index >= 15 is 0 Å². The van der Waals surface area contributed by atoms with Gasteiger partial charge in [-0.25, -0.2) is 0 Å². The third-order valence-corrected chi connectivity index (χ3v) is 10.0. The van der Waals surface area contributed by atoms with Crippen molar-refractivity contribution in [1.82, 2.24) is 0 Å². The lowest BCUT2D eigenvalue weighted by molar-refractivity contribution is 0.728. The highest BCUT2D eigenvalue weighted by Gasteiger charge is 2.27. The number of allylic oxidation sites excluding steroid dienone is 9. The fraction of sp³-hybridized carbons (Fsp3) is 0.227. The monoisotopic (exact) mass is 598 g/mol. The number of nitrogens with zero attached hydrogens (tertiary/aromatic N) is 2. The van der Waals surface area contributed by atoms with Gasteiger partial charge in [0, 0.05) is 33.9 Å². The van der Waals surface area contributed by atoms with E-state index in [2.05, 4.69) is 151 Å². The second kappa shape index (κ2) is 12.2. The van der Waals surface area contributed by atoms with Crippen LogP contribution in [0.3, 0.4) is 0 Å². The van der Waals surface area contributed by atoms with Crippen molar-refractivity contribution in [2.24, 2.45) is 5.92 Å². The highest BCUT2D eigenvalue weighted by molar-refractivity contribution is 6.03. The molecule has 0 saturated heterocycles. The molecule has 0 saturated carbocycles. The molecule has 4 aliphatic carbocycles. The minimum atomic E-state index is 0.565. The normalized spacial score (nSPS) is 18.2. The highest BCUT2D eigenvalue weighted by atomic mass is 15.2. The molecule has 4 aromatic carbocycles. The maximum absolute atomic E-state index is 2.55. The maximum atomic E-state index is 2.55. The van der Waals surface area contributed by atoms with Crippen molar-refractivity contribution in [2.75, 3.05) is 9.80 Å². The molecule has 228 valence electrons. The van der Waals surface area contributed by atoms with Crippen LogP contribution in [0.5, 0.6) is 0 Å². The van der Waals surface area contributed by atoms with Crippen LogP contribution in [-0.2, 0) is 12.8 Å². The van der Waals surface area contributed by atoms with E-state index in [0.29, 0.717) is 5.92 Å². The number of aryl methyl sites for hydroxylation is 3. The first-order chi connectivity index (χ1) is 22.7. The lowest BCUT2D eigenvalue weighted by Crippen LogP contribution is -2.21. The molecule has 46 heavy (non-hydrogen) atoms. The van der Waals surface area contributed by atoms with Gasteiger partial charge >= 0.3 is 0 Å². The summed E-state index contributed by atoms with van der Waals surface area (Å²) in [5.41, 5.74) is 14.6. The first kappa shape index (κ1) is 28.6. The molecular weight excluding hydrogens is 556 g/mol. The zero-order valence-corrected chi connectivity index (χ0v) is 27.0. The van der Waals surface area contributed by atoms with Gasteiger partial charge < -0.3 is 9.80 Å². The van der Waals surface area contributed by atoms with E-state index in [1.165, 1.54) is 72.7 Å². The molecule has 0 spiro atoms. The molecule has 1 atom stereocenters. The van der Waals surface area contributed by atoms with Gasteiger partial charge in [0.25, 0.3) is 0 Å². The fourth-order valence-electron chi connectivity index (χ4n) is 7.64. The average Bonchev–Trinajstić information content (AvgIpc) is 3.11. The van der Waals surface area contributed by atoms with Gasteiger partial charge in [0.2, 0.25) is 0 Å². The predicted octanol–water partition coefficient (Wildman–Crippen LogP) is 12.1. The zero-order valence-electron chi connectivity index (χ0n) is 27.0. The summed E-state index contributed by atoms with van der Waals surface area (Å²) in [5.74, 6) is 0.565. The van der Waals surface area contributed by atoms with Crippen LogP contribution in [0, 0.1) is 12.8 Å². The minimum Gasteiger partial charge on any atom is -0.314 e. The smallest absolute Gasteiger partial charge is 0.0543 e. The molecule has 0 fully saturated rings. The Labute approximate surface area is 274 Å². The molecule has 1 unspecified atom stereocenters. The van der Waals surface area contributed by atoms with Crippen molar-refractivity contribution in [3.05, 3.63) is 155 Å². The molecule has 2 heteroatoms. The Hall–Kier alpha value is -4.82. The molecule has 0 aromatic heterocycles. The van der Waals surface area contributed by atoms with E-state index < -0.39 is 0 Å². The quantitative estimate of drug-likeness (QED) is 0.218.